The molecule has 4 aromatic carbocycles. The molecule has 0 unspecified atom stereocenters. The number of hydrogen-bond donors (Lipinski definition) is 0. The van der Waals surface area contributed by atoms with Crippen LogP contribution in [0.25, 0.3) is 38.6 Å². The second kappa shape index (κ2) is 7.59. The van der Waals surface area contributed by atoms with Gasteiger partial charge in [0.15, 0.2) is 0 Å². The highest BCUT2D eigenvalue weighted by Crippen LogP contribution is 2.37. The maximum Gasteiger partial charge on any atom is 0.494 e. The van der Waals surface area contributed by atoms with Crippen molar-refractivity contribution in [2.75, 3.05) is 0 Å². The summed E-state index contributed by atoms with van der Waals surface area (Å²) < 4.78 is 15.0. The van der Waals surface area contributed by atoms with Crippen LogP contribution in [-0.2, 0) is 9.31 Å². The Balaban J connectivity index is 1.47. The van der Waals surface area contributed by atoms with Crippen LogP contribution in [-0.4, -0.2) is 22.9 Å². The van der Waals surface area contributed by atoms with Crippen molar-refractivity contribution < 1.29 is 9.31 Å². The van der Waals surface area contributed by atoms with E-state index in [9.17, 15) is 0 Å². The molecule has 3 nitrogen and oxygen atoms in total. The molecule has 2 heterocycles. The zero-order valence-electron chi connectivity index (χ0n) is 20.1. The largest absolute Gasteiger partial charge is 0.494 e. The van der Waals surface area contributed by atoms with Gasteiger partial charge in [0, 0.05) is 16.5 Å². The van der Waals surface area contributed by atoms with Gasteiger partial charge >= 0.3 is 7.12 Å². The van der Waals surface area contributed by atoms with E-state index in [1.54, 1.807) is 0 Å². The number of benzene rings is 4. The Morgan fingerprint density at radius 3 is 1.88 bits per heavy atom. The second-order valence-corrected chi connectivity index (χ2v) is 10.1. The molecule has 0 saturated carbocycles. The van der Waals surface area contributed by atoms with Gasteiger partial charge in [-0.1, -0.05) is 72.8 Å². The first kappa shape index (κ1) is 21.2. The Morgan fingerprint density at radius 1 is 0.588 bits per heavy atom. The van der Waals surface area contributed by atoms with Gasteiger partial charge in [-0.25, -0.2) is 0 Å². The normalized spacial score (nSPS) is 17.0. The molecule has 0 spiro atoms. The first-order valence-corrected chi connectivity index (χ1v) is 11.9. The van der Waals surface area contributed by atoms with E-state index in [0.717, 1.165) is 11.2 Å². The van der Waals surface area contributed by atoms with E-state index in [1.165, 1.54) is 32.9 Å². The van der Waals surface area contributed by atoms with Gasteiger partial charge in [-0.2, -0.15) is 0 Å². The van der Waals surface area contributed by atoms with Crippen molar-refractivity contribution in [3.05, 3.63) is 97.1 Å². The van der Waals surface area contributed by atoms with E-state index in [0.29, 0.717) is 0 Å². The number of nitrogens with zero attached hydrogens (tertiary/aromatic N) is 1. The van der Waals surface area contributed by atoms with Gasteiger partial charge in [0.25, 0.3) is 0 Å². The molecule has 1 aliphatic heterocycles. The first-order valence-electron chi connectivity index (χ1n) is 11.9. The van der Waals surface area contributed by atoms with Crippen molar-refractivity contribution >= 4 is 34.4 Å². The molecule has 34 heavy (non-hydrogen) atoms. The predicted molar refractivity (Wildman–Crippen MR) is 142 cm³/mol. The zero-order chi connectivity index (χ0) is 23.5. The molecule has 1 saturated heterocycles. The molecule has 0 aliphatic carbocycles. The average Bonchev–Trinajstić information content (AvgIpc) is 3.29. The first-order chi connectivity index (χ1) is 16.3. The summed E-state index contributed by atoms with van der Waals surface area (Å²) in [7, 11) is -0.373. The monoisotopic (exact) mass is 445 g/mol. The molecular weight excluding hydrogens is 417 g/mol. The maximum atomic E-state index is 6.33. The van der Waals surface area contributed by atoms with E-state index in [-0.39, 0.29) is 18.3 Å². The minimum absolute atomic E-state index is 0.360. The van der Waals surface area contributed by atoms with Gasteiger partial charge in [0.05, 0.1) is 22.2 Å². The summed E-state index contributed by atoms with van der Waals surface area (Å²) in [5.74, 6) is 0. The molecule has 0 N–H and O–H groups in total. The SMILES string of the molecule is CC1(C)OB(c2ccc3c(c2)c2ccccc2n3-c2ccc(-c3ccccc3)cc2)OC1(C)C. The van der Waals surface area contributed by atoms with E-state index >= 15 is 0 Å². The van der Waals surface area contributed by atoms with Crippen LogP contribution in [0, 0.1) is 0 Å². The molecule has 0 atom stereocenters. The summed E-state index contributed by atoms with van der Waals surface area (Å²) in [6.07, 6.45) is 0. The van der Waals surface area contributed by atoms with E-state index in [1.807, 2.05) is 6.07 Å². The standard InChI is InChI=1S/C30H28BNO2/c1-29(2)30(3,4)34-31(33-29)23-16-19-28-26(20-23)25-12-8-9-13-27(25)32(28)24-17-14-22(15-18-24)21-10-6-5-7-11-21/h5-20H,1-4H3. The van der Waals surface area contributed by atoms with Crippen LogP contribution in [0.2, 0.25) is 0 Å². The number of fused-ring (bicyclic) bond motifs is 3. The van der Waals surface area contributed by atoms with Gasteiger partial charge in [-0.05, 0) is 68.6 Å². The summed E-state index contributed by atoms with van der Waals surface area (Å²) in [6, 6.07) is 34.5. The lowest BCUT2D eigenvalue weighted by atomic mass is 9.78. The Bertz CT molecular complexity index is 1480. The van der Waals surface area contributed by atoms with Crippen LogP contribution < -0.4 is 5.46 Å². The molecule has 1 aromatic heterocycles. The summed E-state index contributed by atoms with van der Waals surface area (Å²) in [6.45, 7) is 8.38. The Hall–Kier alpha value is -3.34. The Labute approximate surface area is 201 Å². The third-order valence-corrected chi connectivity index (χ3v) is 7.45. The molecule has 1 fully saturated rings. The van der Waals surface area contributed by atoms with Crippen molar-refractivity contribution in [2.24, 2.45) is 0 Å². The average molecular weight is 445 g/mol. The Kier molecular flexibility index (Phi) is 4.74. The van der Waals surface area contributed by atoms with Crippen molar-refractivity contribution in [3.63, 3.8) is 0 Å². The van der Waals surface area contributed by atoms with Crippen LogP contribution in [0.4, 0.5) is 0 Å². The van der Waals surface area contributed by atoms with Crippen molar-refractivity contribution in [3.8, 4) is 16.8 Å². The van der Waals surface area contributed by atoms with Crippen molar-refractivity contribution in [1.82, 2.24) is 4.57 Å². The van der Waals surface area contributed by atoms with Gasteiger partial charge in [-0.3, -0.25) is 0 Å². The molecule has 0 radical (unpaired) electrons. The predicted octanol–water partition coefficient (Wildman–Crippen LogP) is 6.75. The van der Waals surface area contributed by atoms with Crippen LogP contribution in [0.15, 0.2) is 97.1 Å². The van der Waals surface area contributed by atoms with Crippen LogP contribution >= 0.6 is 0 Å². The third-order valence-electron chi connectivity index (χ3n) is 7.45. The fourth-order valence-corrected chi connectivity index (χ4v) is 4.83. The second-order valence-electron chi connectivity index (χ2n) is 10.1. The van der Waals surface area contributed by atoms with Crippen LogP contribution in [0.5, 0.6) is 0 Å². The van der Waals surface area contributed by atoms with Gasteiger partial charge in [0.1, 0.15) is 0 Å². The Morgan fingerprint density at radius 2 is 1.18 bits per heavy atom. The zero-order valence-corrected chi connectivity index (χ0v) is 20.1. The topological polar surface area (TPSA) is 23.4 Å². The highest BCUT2D eigenvalue weighted by molar-refractivity contribution is 6.62. The number of aromatic nitrogens is 1. The highest BCUT2D eigenvalue weighted by atomic mass is 16.7. The lowest BCUT2D eigenvalue weighted by molar-refractivity contribution is 0.00578. The molecule has 4 heteroatoms. The quantitative estimate of drug-likeness (QED) is 0.287. The lowest BCUT2D eigenvalue weighted by Gasteiger charge is -2.32. The molecule has 5 aromatic rings. The molecule has 0 bridgehead atoms. The molecule has 1 aliphatic rings. The number of para-hydroxylation sites is 1. The van der Waals surface area contributed by atoms with Crippen LogP contribution in [0.3, 0.4) is 0 Å². The van der Waals surface area contributed by atoms with Crippen molar-refractivity contribution in [2.45, 2.75) is 38.9 Å². The molecule has 168 valence electrons. The summed E-state index contributed by atoms with van der Waals surface area (Å²) in [5.41, 5.74) is 6.28. The minimum atomic E-state index is -0.373. The lowest BCUT2D eigenvalue weighted by Crippen LogP contribution is -2.41. The van der Waals surface area contributed by atoms with E-state index < -0.39 is 0 Å². The number of rotatable bonds is 3. The fraction of sp³-hybridized carbons (Fsp3) is 0.200. The minimum Gasteiger partial charge on any atom is -0.399 e. The number of hydrogen-bond acceptors (Lipinski definition) is 2. The van der Waals surface area contributed by atoms with Gasteiger partial charge in [-0.15, -0.1) is 0 Å². The smallest absolute Gasteiger partial charge is 0.399 e. The molecular formula is C30H28BNO2. The summed E-state index contributed by atoms with van der Waals surface area (Å²) in [4.78, 5) is 0. The van der Waals surface area contributed by atoms with Crippen molar-refractivity contribution in [1.29, 1.82) is 0 Å². The van der Waals surface area contributed by atoms with E-state index in [4.69, 9.17) is 9.31 Å². The highest BCUT2D eigenvalue weighted by Gasteiger charge is 2.51. The fourth-order valence-electron chi connectivity index (χ4n) is 4.83. The van der Waals surface area contributed by atoms with Gasteiger partial charge in [0.2, 0.25) is 0 Å². The van der Waals surface area contributed by atoms with Crippen LogP contribution in [0.1, 0.15) is 27.7 Å². The molecule has 0 amide bonds. The maximum absolute atomic E-state index is 6.33. The van der Waals surface area contributed by atoms with E-state index in [2.05, 4.69) is 123 Å². The third kappa shape index (κ3) is 3.29. The summed E-state index contributed by atoms with van der Waals surface area (Å²) in [5, 5.41) is 2.43. The summed E-state index contributed by atoms with van der Waals surface area (Å²) >= 11 is 0. The molecule has 6 rings (SSSR count). The van der Waals surface area contributed by atoms with Gasteiger partial charge < -0.3 is 13.9 Å².